The molecule has 3 aliphatic heterocycles. The standard InChI is InChI=1S/C16H26N2O2/c19-15-7-10-1-2-12(10)16(18-15)13-4-6-17-5-3-11-8-20-9-14(11)13/h10-14,16-17H,1-9H2,(H,18,19). The molecule has 4 nitrogen and oxygen atoms in total. The van der Waals surface area contributed by atoms with E-state index in [0.717, 1.165) is 38.6 Å². The Morgan fingerprint density at radius 3 is 2.65 bits per heavy atom. The van der Waals surface area contributed by atoms with Crippen molar-refractivity contribution in [2.75, 3.05) is 26.3 Å². The van der Waals surface area contributed by atoms with E-state index in [-0.39, 0.29) is 0 Å². The Morgan fingerprint density at radius 1 is 0.900 bits per heavy atom. The molecule has 6 atom stereocenters. The van der Waals surface area contributed by atoms with E-state index in [2.05, 4.69) is 10.6 Å². The molecule has 0 aromatic carbocycles. The predicted molar refractivity (Wildman–Crippen MR) is 76.2 cm³/mol. The number of carbonyl (C=O) groups is 1. The third-order valence-corrected chi connectivity index (χ3v) is 6.32. The number of carbonyl (C=O) groups excluding carboxylic acids is 1. The van der Waals surface area contributed by atoms with E-state index in [4.69, 9.17) is 4.74 Å². The van der Waals surface area contributed by atoms with E-state index in [9.17, 15) is 4.79 Å². The molecule has 3 heterocycles. The first-order chi connectivity index (χ1) is 9.83. The van der Waals surface area contributed by atoms with Gasteiger partial charge < -0.3 is 15.4 Å². The number of piperidine rings is 1. The van der Waals surface area contributed by atoms with Gasteiger partial charge in [0.25, 0.3) is 0 Å². The zero-order valence-corrected chi connectivity index (χ0v) is 12.1. The normalized spacial score (nSPS) is 48.3. The minimum atomic E-state index is 0.293. The summed E-state index contributed by atoms with van der Waals surface area (Å²) in [5.41, 5.74) is 0. The van der Waals surface area contributed by atoms with Crippen LogP contribution in [0.1, 0.15) is 32.1 Å². The number of nitrogens with one attached hydrogen (secondary N) is 2. The van der Waals surface area contributed by atoms with Crippen molar-refractivity contribution in [3.63, 3.8) is 0 Å². The van der Waals surface area contributed by atoms with Gasteiger partial charge in [-0.15, -0.1) is 0 Å². The fraction of sp³-hybridized carbons (Fsp3) is 0.938. The third kappa shape index (κ3) is 2.17. The molecular weight excluding hydrogens is 252 g/mol. The molecule has 6 unspecified atom stereocenters. The Morgan fingerprint density at radius 2 is 1.80 bits per heavy atom. The molecule has 4 aliphatic rings. The van der Waals surface area contributed by atoms with Crippen LogP contribution in [0.2, 0.25) is 0 Å². The van der Waals surface area contributed by atoms with Crippen molar-refractivity contribution in [3.8, 4) is 0 Å². The lowest BCUT2D eigenvalue weighted by Crippen LogP contribution is -2.58. The molecule has 0 aromatic heterocycles. The summed E-state index contributed by atoms with van der Waals surface area (Å²) in [4.78, 5) is 12.0. The van der Waals surface area contributed by atoms with Crippen LogP contribution in [0.15, 0.2) is 0 Å². The zero-order valence-electron chi connectivity index (χ0n) is 12.1. The average Bonchev–Trinajstić information content (AvgIpc) is 2.81. The molecule has 0 radical (unpaired) electrons. The maximum atomic E-state index is 12.0. The van der Waals surface area contributed by atoms with Gasteiger partial charge in [-0.25, -0.2) is 0 Å². The molecule has 0 aromatic rings. The zero-order chi connectivity index (χ0) is 13.5. The molecule has 2 N–H and O–H groups in total. The predicted octanol–water partition coefficient (Wildman–Crippen LogP) is 1.16. The molecular formula is C16H26N2O2. The molecule has 1 saturated carbocycles. The molecule has 0 bridgehead atoms. The molecule has 1 aliphatic carbocycles. The number of hydrogen-bond donors (Lipinski definition) is 2. The summed E-state index contributed by atoms with van der Waals surface area (Å²) in [6.07, 6.45) is 5.79. The average molecular weight is 278 g/mol. The number of fused-ring (bicyclic) bond motifs is 2. The quantitative estimate of drug-likeness (QED) is 0.757. The minimum Gasteiger partial charge on any atom is -0.381 e. The highest BCUT2D eigenvalue weighted by Gasteiger charge is 2.49. The van der Waals surface area contributed by atoms with Crippen molar-refractivity contribution in [3.05, 3.63) is 0 Å². The first kappa shape index (κ1) is 13.1. The molecule has 4 heteroatoms. The van der Waals surface area contributed by atoms with Crippen molar-refractivity contribution >= 4 is 5.91 Å². The van der Waals surface area contributed by atoms with Crippen LogP contribution in [-0.4, -0.2) is 38.3 Å². The lowest BCUT2D eigenvalue weighted by molar-refractivity contribution is -0.131. The van der Waals surface area contributed by atoms with E-state index in [1.807, 2.05) is 0 Å². The van der Waals surface area contributed by atoms with E-state index >= 15 is 0 Å². The lowest BCUT2D eigenvalue weighted by Gasteiger charge is -2.50. The molecule has 20 heavy (non-hydrogen) atoms. The molecule has 3 saturated heterocycles. The topological polar surface area (TPSA) is 50.4 Å². The number of rotatable bonds is 1. The first-order valence-corrected chi connectivity index (χ1v) is 8.41. The minimum absolute atomic E-state index is 0.293. The fourth-order valence-electron chi connectivity index (χ4n) is 5.06. The highest BCUT2D eigenvalue weighted by atomic mass is 16.5. The third-order valence-electron chi connectivity index (χ3n) is 6.32. The summed E-state index contributed by atoms with van der Waals surface area (Å²) < 4.78 is 5.79. The van der Waals surface area contributed by atoms with Gasteiger partial charge in [0.05, 0.1) is 6.61 Å². The first-order valence-electron chi connectivity index (χ1n) is 8.41. The van der Waals surface area contributed by atoms with Crippen molar-refractivity contribution in [1.29, 1.82) is 0 Å². The summed E-state index contributed by atoms with van der Waals surface area (Å²) in [6.45, 7) is 4.06. The lowest BCUT2D eigenvalue weighted by atomic mass is 9.60. The van der Waals surface area contributed by atoms with Crippen LogP contribution in [0.25, 0.3) is 0 Å². The second-order valence-corrected chi connectivity index (χ2v) is 7.25. The van der Waals surface area contributed by atoms with Gasteiger partial charge in [-0.2, -0.15) is 0 Å². The van der Waals surface area contributed by atoms with Crippen molar-refractivity contribution < 1.29 is 9.53 Å². The highest BCUT2D eigenvalue weighted by Crippen LogP contribution is 2.47. The van der Waals surface area contributed by atoms with Gasteiger partial charge in [-0.1, -0.05) is 0 Å². The SMILES string of the molecule is O=C1CC2CCC2C(C2CCNCCC3COCC32)N1. The van der Waals surface area contributed by atoms with Crippen LogP contribution in [0.3, 0.4) is 0 Å². The number of amides is 1. The van der Waals surface area contributed by atoms with Gasteiger partial charge in [-0.05, 0) is 68.4 Å². The van der Waals surface area contributed by atoms with Gasteiger partial charge in [0.2, 0.25) is 5.91 Å². The highest BCUT2D eigenvalue weighted by molar-refractivity contribution is 5.77. The van der Waals surface area contributed by atoms with Crippen LogP contribution < -0.4 is 10.6 Å². The van der Waals surface area contributed by atoms with Gasteiger partial charge in [0, 0.05) is 19.1 Å². The Kier molecular flexibility index (Phi) is 3.47. The molecule has 4 fully saturated rings. The van der Waals surface area contributed by atoms with Gasteiger partial charge in [0.1, 0.15) is 0 Å². The van der Waals surface area contributed by atoms with Crippen LogP contribution in [0.5, 0.6) is 0 Å². The summed E-state index contributed by atoms with van der Waals surface area (Å²) in [7, 11) is 0. The van der Waals surface area contributed by atoms with E-state index < -0.39 is 0 Å². The Balaban J connectivity index is 1.55. The van der Waals surface area contributed by atoms with Crippen LogP contribution >= 0.6 is 0 Å². The summed E-state index contributed by atoms with van der Waals surface area (Å²) in [6, 6.07) is 0.420. The second-order valence-electron chi connectivity index (χ2n) is 7.25. The molecule has 0 spiro atoms. The van der Waals surface area contributed by atoms with Gasteiger partial charge in [0.15, 0.2) is 0 Å². The maximum absolute atomic E-state index is 12.0. The van der Waals surface area contributed by atoms with Gasteiger partial charge >= 0.3 is 0 Å². The fourth-order valence-corrected chi connectivity index (χ4v) is 5.06. The van der Waals surface area contributed by atoms with Crippen molar-refractivity contribution in [2.45, 2.75) is 38.1 Å². The van der Waals surface area contributed by atoms with E-state index in [1.54, 1.807) is 0 Å². The van der Waals surface area contributed by atoms with Crippen LogP contribution in [0, 0.1) is 29.6 Å². The maximum Gasteiger partial charge on any atom is 0.220 e. The molecule has 1 amide bonds. The Bertz CT molecular complexity index is 387. The summed E-state index contributed by atoms with van der Waals surface area (Å²) in [5.74, 6) is 3.70. The van der Waals surface area contributed by atoms with Crippen LogP contribution in [0.4, 0.5) is 0 Å². The van der Waals surface area contributed by atoms with E-state index in [0.29, 0.717) is 35.6 Å². The van der Waals surface area contributed by atoms with Crippen molar-refractivity contribution in [1.82, 2.24) is 10.6 Å². The largest absolute Gasteiger partial charge is 0.381 e. The Labute approximate surface area is 121 Å². The van der Waals surface area contributed by atoms with Gasteiger partial charge in [-0.3, -0.25) is 4.79 Å². The number of ether oxygens (including phenoxy) is 1. The number of hydrogen-bond acceptors (Lipinski definition) is 3. The smallest absolute Gasteiger partial charge is 0.220 e. The summed E-state index contributed by atoms with van der Waals surface area (Å²) >= 11 is 0. The molecule has 4 rings (SSSR count). The van der Waals surface area contributed by atoms with Crippen LogP contribution in [-0.2, 0) is 9.53 Å². The Hall–Kier alpha value is -0.610. The van der Waals surface area contributed by atoms with E-state index in [1.165, 1.54) is 25.7 Å². The van der Waals surface area contributed by atoms with Crippen molar-refractivity contribution in [2.24, 2.45) is 29.6 Å². The monoisotopic (exact) mass is 278 g/mol. The second kappa shape index (κ2) is 5.30. The summed E-state index contributed by atoms with van der Waals surface area (Å²) in [5, 5.41) is 6.91. The molecule has 112 valence electrons.